The third kappa shape index (κ3) is 2.63. The van der Waals surface area contributed by atoms with Crippen LogP contribution in [0.5, 0.6) is 0 Å². The molecule has 1 aliphatic heterocycles. The molecule has 1 aliphatic carbocycles. The highest BCUT2D eigenvalue weighted by molar-refractivity contribution is 5.96. The highest BCUT2D eigenvalue weighted by atomic mass is 16.4. The van der Waals surface area contributed by atoms with E-state index in [1.54, 1.807) is 6.20 Å². The number of pyridine rings is 1. The highest BCUT2D eigenvalue weighted by Crippen LogP contribution is 2.28. The van der Waals surface area contributed by atoms with Gasteiger partial charge in [-0.15, -0.1) is 0 Å². The molecule has 0 atom stereocenters. The quantitative estimate of drug-likeness (QED) is 0.358. The fourth-order valence-corrected chi connectivity index (χ4v) is 2.54. The molecule has 6 nitrogen and oxygen atoms in total. The molecule has 3 rings (SSSR count). The molecule has 0 aromatic carbocycles. The Bertz CT molecular complexity index is 460. The zero-order valence-corrected chi connectivity index (χ0v) is 10.9. The van der Waals surface area contributed by atoms with Crippen LogP contribution in [-0.4, -0.2) is 53.1 Å². The van der Waals surface area contributed by atoms with Crippen LogP contribution < -0.4 is 10.6 Å². The van der Waals surface area contributed by atoms with Gasteiger partial charge in [0, 0.05) is 44.0 Å². The minimum atomic E-state index is 0.0950. The summed E-state index contributed by atoms with van der Waals surface area (Å²) in [6, 6.07) is 4.61. The van der Waals surface area contributed by atoms with Gasteiger partial charge in [-0.2, -0.15) is 0 Å². The second kappa shape index (κ2) is 5.05. The van der Waals surface area contributed by atoms with Gasteiger partial charge in [0.1, 0.15) is 5.82 Å². The Hall–Kier alpha value is -1.82. The molecule has 19 heavy (non-hydrogen) atoms. The zero-order chi connectivity index (χ0) is 13.2. The summed E-state index contributed by atoms with van der Waals surface area (Å²) in [6.45, 7) is 4.28. The topological polar surface area (TPSA) is 78.0 Å². The van der Waals surface area contributed by atoms with Crippen molar-refractivity contribution in [1.29, 1.82) is 0 Å². The van der Waals surface area contributed by atoms with Crippen molar-refractivity contribution in [1.82, 2.24) is 9.88 Å². The minimum absolute atomic E-state index is 0.0950. The Morgan fingerprint density at radius 2 is 2.00 bits per heavy atom. The van der Waals surface area contributed by atoms with Crippen molar-refractivity contribution in [3.8, 4) is 0 Å². The van der Waals surface area contributed by atoms with E-state index in [4.69, 9.17) is 10.9 Å². The van der Waals surface area contributed by atoms with Crippen LogP contribution >= 0.6 is 0 Å². The third-order valence-electron chi connectivity index (χ3n) is 3.85. The summed E-state index contributed by atoms with van der Waals surface area (Å²) in [7, 11) is 0. The normalized spacial score (nSPS) is 21.7. The number of oxime groups is 1. The van der Waals surface area contributed by atoms with Crippen molar-refractivity contribution >= 4 is 11.7 Å². The van der Waals surface area contributed by atoms with Crippen LogP contribution in [0.3, 0.4) is 0 Å². The van der Waals surface area contributed by atoms with Gasteiger partial charge in [-0.3, -0.25) is 4.90 Å². The first-order valence-corrected chi connectivity index (χ1v) is 6.71. The molecule has 1 aromatic heterocycles. The van der Waals surface area contributed by atoms with Gasteiger partial charge >= 0.3 is 0 Å². The van der Waals surface area contributed by atoms with Gasteiger partial charge in [0.05, 0.1) is 0 Å². The monoisotopic (exact) mass is 261 g/mol. The number of hydrogen-bond donors (Lipinski definition) is 2. The number of amidine groups is 1. The van der Waals surface area contributed by atoms with E-state index in [0.717, 1.165) is 38.0 Å². The maximum absolute atomic E-state index is 8.61. The molecule has 3 N–H and O–H groups in total. The van der Waals surface area contributed by atoms with Crippen molar-refractivity contribution in [2.24, 2.45) is 10.9 Å². The Labute approximate surface area is 112 Å². The predicted molar refractivity (Wildman–Crippen MR) is 73.6 cm³/mol. The van der Waals surface area contributed by atoms with Crippen molar-refractivity contribution in [2.45, 2.75) is 18.9 Å². The number of rotatable bonds is 3. The van der Waals surface area contributed by atoms with Crippen LogP contribution in [0.25, 0.3) is 0 Å². The Balaban J connectivity index is 1.63. The lowest BCUT2D eigenvalue weighted by Crippen LogP contribution is -2.47. The van der Waals surface area contributed by atoms with E-state index in [2.05, 4.69) is 19.9 Å². The van der Waals surface area contributed by atoms with Crippen LogP contribution in [0, 0.1) is 0 Å². The van der Waals surface area contributed by atoms with Crippen LogP contribution in [-0.2, 0) is 0 Å². The van der Waals surface area contributed by atoms with E-state index in [1.807, 2.05) is 12.1 Å². The van der Waals surface area contributed by atoms with Gasteiger partial charge in [-0.25, -0.2) is 4.98 Å². The molecule has 1 saturated carbocycles. The summed E-state index contributed by atoms with van der Waals surface area (Å²) in [5.41, 5.74) is 6.16. The van der Waals surface area contributed by atoms with Crippen LogP contribution in [0.15, 0.2) is 23.5 Å². The van der Waals surface area contributed by atoms with Gasteiger partial charge in [-0.1, -0.05) is 5.16 Å². The van der Waals surface area contributed by atoms with Crippen molar-refractivity contribution in [3.63, 3.8) is 0 Å². The van der Waals surface area contributed by atoms with Crippen molar-refractivity contribution < 1.29 is 5.21 Å². The molecule has 2 heterocycles. The van der Waals surface area contributed by atoms with Gasteiger partial charge in [-0.05, 0) is 25.0 Å². The first-order chi connectivity index (χ1) is 9.28. The van der Waals surface area contributed by atoms with E-state index in [1.165, 1.54) is 12.8 Å². The summed E-state index contributed by atoms with van der Waals surface area (Å²) < 4.78 is 0. The number of aromatic nitrogens is 1. The number of nitrogens with zero attached hydrogens (tertiary/aromatic N) is 4. The molecular formula is C13H19N5O. The average Bonchev–Trinajstić information content (AvgIpc) is 3.31. The highest BCUT2D eigenvalue weighted by Gasteiger charge is 2.31. The molecule has 1 saturated heterocycles. The predicted octanol–water partition coefficient (Wildman–Crippen LogP) is 0.460. The number of nitrogens with two attached hydrogens (primary N) is 1. The first kappa shape index (κ1) is 12.2. The molecule has 102 valence electrons. The molecule has 0 amide bonds. The Kier molecular flexibility index (Phi) is 3.25. The molecule has 0 spiro atoms. The van der Waals surface area contributed by atoms with E-state index in [9.17, 15) is 0 Å². The van der Waals surface area contributed by atoms with Crippen molar-refractivity contribution in [2.75, 3.05) is 31.1 Å². The summed E-state index contributed by atoms with van der Waals surface area (Å²) in [4.78, 5) is 9.25. The zero-order valence-electron chi connectivity index (χ0n) is 10.9. The standard InChI is InChI=1S/C13H19N5O/c14-13(16-19)10-1-4-12(15-9-10)18-7-5-17(6-8-18)11-2-3-11/h1,4,9,11,19H,2-3,5-8H2,(H2,14,16). The molecule has 0 radical (unpaired) electrons. The summed E-state index contributed by atoms with van der Waals surface area (Å²) in [6.07, 6.45) is 4.39. The van der Waals surface area contributed by atoms with Crippen LogP contribution in [0.1, 0.15) is 18.4 Å². The molecule has 2 fully saturated rings. The molecular weight excluding hydrogens is 242 g/mol. The third-order valence-corrected chi connectivity index (χ3v) is 3.85. The van der Waals surface area contributed by atoms with E-state index < -0.39 is 0 Å². The van der Waals surface area contributed by atoms with Gasteiger partial charge in [0.25, 0.3) is 0 Å². The second-order valence-electron chi connectivity index (χ2n) is 5.14. The van der Waals surface area contributed by atoms with E-state index in [0.29, 0.717) is 5.56 Å². The van der Waals surface area contributed by atoms with Crippen molar-refractivity contribution in [3.05, 3.63) is 23.9 Å². The minimum Gasteiger partial charge on any atom is -0.409 e. The fourth-order valence-electron chi connectivity index (χ4n) is 2.54. The maximum atomic E-state index is 8.61. The number of piperazine rings is 1. The lowest BCUT2D eigenvalue weighted by molar-refractivity contribution is 0.247. The lowest BCUT2D eigenvalue weighted by Gasteiger charge is -2.35. The first-order valence-electron chi connectivity index (χ1n) is 6.71. The largest absolute Gasteiger partial charge is 0.409 e. The summed E-state index contributed by atoms with van der Waals surface area (Å²) in [5.74, 6) is 1.06. The lowest BCUT2D eigenvalue weighted by atomic mass is 10.2. The molecule has 0 unspecified atom stereocenters. The average molecular weight is 261 g/mol. The van der Waals surface area contributed by atoms with Gasteiger partial charge < -0.3 is 15.8 Å². The summed E-state index contributed by atoms with van der Waals surface area (Å²) >= 11 is 0. The summed E-state index contributed by atoms with van der Waals surface area (Å²) in [5, 5.41) is 11.6. The van der Waals surface area contributed by atoms with Crippen LogP contribution in [0.4, 0.5) is 5.82 Å². The van der Waals surface area contributed by atoms with Gasteiger partial charge in [0.2, 0.25) is 0 Å². The Morgan fingerprint density at radius 1 is 1.26 bits per heavy atom. The SMILES string of the molecule is NC(=NO)c1ccc(N2CCN(C3CC3)CC2)nc1. The van der Waals surface area contributed by atoms with E-state index in [-0.39, 0.29) is 5.84 Å². The maximum Gasteiger partial charge on any atom is 0.171 e. The molecule has 0 bridgehead atoms. The second-order valence-corrected chi connectivity index (χ2v) is 5.14. The van der Waals surface area contributed by atoms with Crippen LogP contribution in [0.2, 0.25) is 0 Å². The fraction of sp³-hybridized carbons (Fsp3) is 0.538. The number of hydrogen-bond acceptors (Lipinski definition) is 5. The molecule has 1 aromatic rings. The molecule has 6 heteroatoms. The molecule has 2 aliphatic rings. The van der Waals surface area contributed by atoms with E-state index >= 15 is 0 Å². The Morgan fingerprint density at radius 3 is 2.53 bits per heavy atom. The number of anilines is 1. The smallest absolute Gasteiger partial charge is 0.171 e. The van der Waals surface area contributed by atoms with Gasteiger partial charge in [0.15, 0.2) is 5.84 Å².